The van der Waals surface area contributed by atoms with Crippen molar-refractivity contribution < 1.29 is 13.9 Å². The van der Waals surface area contributed by atoms with Gasteiger partial charge in [0.1, 0.15) is 11.6 Å². The van der Waals surface area contributed by atoms with Crippen molar-refractivity contribution in [2.45, 2.75) is 20.3 Å². The third-order valence-corrected chi connectivity index (χ3v) is 5.06. The van der Waals surface area contributed by atoms with E-state index in [0.717, 1.165) is 22.7 Å². The monoisotopic (exact) mass is 407 g/mol. The standard InChI is InChI=1S/C22H25N5O3/c1-3-29-18-8-6-17(7-9-18)15-20(28)26-11-13-27(14-12-26)21-19(5-4-10-23-21)22-25-24-16(2)30-22/h4-10H,3,11-15H2,1-2H3. The number of carbonyl (C=O) groups is 1. The molecule has 1 aromatic carbocycles. The molecule has 1 fully saturated rings. The lowest BCUT2D eigenvalue weighted by Crippen LogP contribution is -2.49. The number of anilines is 1. The number of nitrogens with zero attached hydrogens (tertiary/aromatic N) is 5. The predicted molar refractivity (Wildman–Crippen MR) is 112 cm³/mol. The number of amides is 1. The van der Waals surface area contributed by atoms with Crippen LogP contribution in [0.2, 0.25) is 0 Å². The Morgan fingerprint density at radius 1 is 1.10 bits per heavy atom. The molecule has 0 bridgehead atoms. The maximum Gasteiger partial charge on any atom is 0.251 e. The summed E-state index contributed by atoms with van der Waals surface area (Å²) < 4.78 is 11.0. The highest BCUT2D eigenvalue weighted by Gasteiger charge is 2.25. The number of hydrogen-bond acceptors (Lipinski definition) is 7. The van der Waals surface area contributed by atoms with Crippen LogP contribution in [0.25, 0.3) is 11.5 Å². The van der Waals surface area contributed by atoms with E-state index in [-0.39, 0.29) is 5.91 Å². The van der Waals surface area contributed by atoms with Crippen LogP contribution in [0.5, 0.6) is 5.75 Å². The van der Waals surface area contributed by atoms with Gasteiger partial charge in [-0.15, -0.1) is 10.2 Å². The van der Waals surface area contributed by atoms with Gasteiger partial charge in [0.15, 0.2) is 0 Å². The van der Waals surface area contributed by atoms with Crippen LogP contribution in [0.1, 0.15) is 18.4 Å². The highest BCUT2D eigenvalue weighted by molar-refractivity contribution is 5.79. The van der Waals surface area contributed by atoms with E-state index in [9.17, 15) is 4.79 Å². The van der Waals surface area contributed by atoms with Crippen molar-refractivity contribution in [3.63, 3.8) is 0 Å². The van der Waals surface area contributed by atoms with E-state index in [4.69, 9.17) is 9.15 Å². The smallest absolute Gasteiger partial charge is 0.251 e. The molecule has 8 nitrogen and oxygen atoms in total. The van der Waals surface area contributed by atoms with Gasteiger partial charge in [0, 0.05) is 39.3 Å². The number of rotatable bonds is 6. The Morgan fingerprint density at radius 2 is 1.87 bits per heavy atom. The van der Waals surface area contributed by atoms with E-state index in [0.29, 0.717) is 51.0 Å². The quantitative estimate of drug-likeness (QED) is 0.621. The minimum absolute atomic E-state index is 0.132. The number of aryl methyl sites for hydroxylation is 1. The molecule has 3 aromatic rings. The summed E-state index contributed by atoms with van der Waals surface area (Å²) in [6.45, 7) is 7.05. The minimum atomic E-state index is 0.132. The van der Waals surface area contributed by atoms with Crippen LogP contribution in [-0.2, 0) is 11.2 Å². The van der Waals surface area contributed by atoms with Crippen molar-refractivity contribution in [1.82, 2.24) is 20.1 Å². The van der Waals surface area contributed by atoms with Crippen molar-refractivity contribution >= 4 is 11.7 Å². The van der Waals surface area contributed by atoms with Crippen LogP contribution in [0, 0.1) is 6.92 Å². The maximum absolute atomic E-state index is 12.7. The molecular weight excluding hydrogens is 382 g/mol. The lowest BCUT2D eigenvalue weighted by Gasteiger charge is -2.36. The second kappa shape index (κ2) is 8.94. The molecule has 0 saturated carbocycles. The Hall–Kier alpha value is -3.42. The van der Waals surface area contributed by atoms with Crippen molar-refractivity contribution in [2.75, 3.05) is 37.7 Å². The van der Waals surface area contributed by atoms with Crippen molar-refractivity contribution in [3.8, 4) is 17.2 Å². The summed E-state index contributed by atoms with van der Waals surface area (Å²) in [5.74, 6) is 2.74. The molecule has 1 aliphatic rings. The molecule has 0 radical (unpaired) electrons. The Kier molecular flexibility index (Phi) is 5.92. The van der Waals surface area contributed by atoms with Crippen molar-refractivity contribution in [2.24, 2.45) is 0 Å². The van der Waals surface area contributed by atoms with Crippen LogP contribution < -0.4 is 9.64 Å². The fourth-order valence-corrected chi connectivity index (χ4v) is 3.55. The SMILES string of the molecule is CCOc1ccc(CC(=O)N2CCN(c3ncccc3-c3nnc(C)o3)CC2)cc1. The molecular formula is C22H25N5O3. The zero-order valence-corrected chi connectivity index (χ0v) is 17.2. The molecule has 0 spiro atoms. The summed E-state index contributed by atoms with van der Waals surface area (Å²) in [5, 5.41) is 8.04. The average Bonchev–Trinajstić information content (AvgIpc) is 3.21. The topological polar surface area (TPSA) is 84.6 Å². The van der Waals surface area contributed by atoms with Gasteiger partial charge < -0.3 is 19.0 Å². The Morgan fingerprint density at radius 3 is 2.53 bits per heavy atom. The molecule has 1 aliphatic heterocycles. The molecule has 0 aliphatic carbocycles. The van der Waals surface area contributed by atoms with E-state index in [1.807, 2.05) is 48.2 Å². The van der Waals surface area contributed by atoms with Crippen LogP contribution in [0.3, 0.4) is 0 Å². The summed E-state index contributed by atoms with van der Waals surface area (Å²) >= 11 is 0. The number of carbonyl (C=O) groups excluding carboxylic acids is 1. The number of ether oxygens (including phenoxy) is 1. The van der Waals surface area contributed by atoms with Gasteiger partial charge in [-0.25, -0.2) is 4.98 Å². The van der Waals surface area contributed by atoms with Crippen LogP contribution in [0.15, 0.2) is 47.0 Å². The average molecular weight is 407 g/mol. The zero-order valence-electron chi connectivity index (χ0n) is 17.2. The van der Waals surface area contributed by atoms with Gasteiger partial charge in [-0.2, -0.15) is 0 Å². The zero-order chi connectivity index (χ0) is 20.9. The van der Waals surface area contributed by atoms with Crippen LogP contribution in [-0.4, -0.2) is 58.8 Å². The summed E-state index contributed by atoms with van der Waals surface area (Å²) in [7, 11) is 0. The van der Waals surface area contributed by atoms with Gasteiger partial charge >= 0.3 is 0 Å². The fraction of sp³-hybridized carbons (Fsp3) is 0.364. The molecule has 2 aromatic heterocycles. The third-order valence-electron chi connectivity index (χ3n) is 5.06. The van der Waals surface area contributed by atoms with E-state index < -0.39 is 0 Å². The molecule has 8 heteroatoms. The third kappa shape index (κ3) is 4.42. The predicted octanol–water partition coefficient (Wildman–Crippen LogP) is 2.73. The number of hydrogen-bond donors (Lipinski definition) is 0. The molecule has 1 amide bonds. The molecule has 4 rings (SSSR count). The van der Waals surface area contributed by atoms with Crippen molar-refractivity contribution in [1.29, 1.82) is 0 Å². The molecule has 0 atom stereocenters. The number of piperazine rings is 1. The minimum Gasteiger partial charge on any atom is -0.494 e. The first kappa shape index (κ1) is 19.9. The molecule has 156 valence electrons. The van der Waals surface area contributed by atoms with E-state index in [1.165, 1.54) is 0 Å². The largest absolute Gasteiger partial charge is 0.494 e. The Labute approximate surface area is 175 Å². The van der Waals surface area contributed by atoms with Gasteiger partial charge in [-0.1, -0.05) is 12.1 Å². The second-order valence-corrected chi connectivity index (χ2v) is 7.12. The molecule has 0 unspecified atom stereocenters. The lowest BCUT2D eigenvalue weighted by atomic mass is 10.1. The van der Waals surface area contributed by atoms with Crippen molar-refractivity contribution in [3.05, 3.63) is 54.0 Å². The molecule has 1 saturated heterocycles. The van der Waals surface area contributed by atoms with Gasteiger partial charge in [-0.05, 0) is 36.8 Å². The lowest BCUT2D eigenvalue weighted by molar-refractivity contribution is -0.130. The van der Waals surface area contributed by atoms with Crippen LogP contribution >= 0.6 is 0 Å². The summed E-state index contributed by atoms with van der Waals surface area (Å²) in [6.07, 6.45) is 2.15. The summed E-state index contributed by atoms with van der Waals surface area (Å²) in [6, 6.07) is 11.5. The Bertz CT molecular complexity index is 994. The van der Waals surface area contributed by atoms with Crippen LogP contribution in [0.4, 0.5) is 5.82 Å². The summed E-state index contributed by atoms with van der Waals surface area (Å²) in [4.78, 5) is 21.3. The maximum atomic E-state index is 12.7. The number of aromatic nitrogens is 3. The van der Waals surface area contributed by atoms with E-state index in [1.54, 1.807) is 13.1 Å². The van der Waals surface area contributed by atoms with Gasteiger partial charge in [0.25, 0.3) is 5.89 Å². The second-order valence-electron chi connectivity index (χ2n) is 7.12. The normalized spacial score (nSPS) is 14.1. The highest BCUT2D eigenvalue weighted by atomic mass is 16.5. The fourth-order valence-electron chi connectivity index (χ4n) is 3.55. The number of pyridine rings is 1. The highest BCUT2D eigenvalue weighted by Crippen LogP contribution is 2.28. The first-order valence-corrected chi connectivity index (χ1v) is 10.1. The Balaban J connectivity index is 1.38. The molecule has 3 heterocycles. The van der Waals surface area contributed by atoms with E-state index in [2.05, 4.69) is 20.1 Å². The van der Waals surface area contributed by atoms with Gasteiger partial charge in [0.05, 0.1) is 18.6 Å². The first-order chi connectivity index (χ1) is 14.6. The first-order valence-electron chi connectivity index (χ1n) is 10.1. The molecule has 0 N–H and O–H groups in total. The number of benzene rings is 1. The van der Waals surface area contributed by atoms with Gasteiger partial charge in [0.2, 0.25) is 11.8 Å². The van der Waals surface area contributed by atoms with Gasteiger partial charge in [-0.3, -0.25) is 4.79 Å². The summed E-state index contributed by atoms with van der Waals surface area (Å²) in [5.41, 5.74) is 1.80. The van der Waals surface area contributed by atoms with E-state index >= 15 is 0 Å². The molecule has 30 heavy (non-hydrogen) atoms.